The van der Waals surface area contributed by atoms with Crippen LogP contribution < -0.4 is 4.18 Å². The Kier molecular flexibility index (Phi) is 4.57. The van der Waals surface area contributed by atoms with Gasteiger partial charge in [-0.05, 0) is 78.5 Å². The van der Waals surface area contributed by atoms with E-state index in [-0.39, 0.29) is 5.41 Å². The van der Waals surface area contributed by atoms with E-state index in [4.69, 9.17) is 4.18 Å². The lowest BCUT2D eigenvalue weighted by Crippen LogP contribution is -2.44. The molecule has 0 amide bonds. The molecule has 3 aliphatic rings. The average Bonchev–Trinajstić information content (AvgIpc) is 2.84. The van der Waals surface area contributed by atoms with Crippen LogP contribution >= 0.6 is 0 Å². The molecule has 2 saturated carbocycles. The molecule has 6 nitrogen and oxygen atoms in total. The normalized spacial score (nSPS) is 38.2. The predicted molar refractivity (Wildman–Crippen MR) is 102 cm³/mol. The van der Waals surface area contributed by atoms with Gasteiger partial charge in [-0.2, -0.15) is 12.7 Å². The highest BCUT2D eigenvalue weighted by Gasteiger charge is 2.57. The van der Waals surface area contributed by atoms with Crippen LogP contribution in [-0.4, -0.2) is 49.2 Å². The largest absolute Gasteiger partial charge is 0.390 e. The van der Waals surface area contributed by atoms with Crippen LogP contribution in [0, 0.1) is 17.3 Å². The Hall–Kier alpha value is -1.15. The fourth-order valence-electron chi connectivity index (χ4n) is 5.79. The molecule has 150 valence electrons. The molecular formula is C20H29NO5S. The van der Waals surface area contributed by atoms with Crippen molar-refractivity contribution >= 4 is 10.3 Å². The van der Waals surface area contributed by atoms with Gasteiger partial charge in [0.2, 0.25) is 0 Å². The fourth-order valence-corrected chi connectivity index (χ4v) is 6.29. The molecule has 1 aromatic rings. The summed E-state index contributed by atoms with van der Waals surface area (Å²) < 4.78 is 30.2. The number of hydrogen-bond acceptors (Lipinski definition) is 5. The molecule has 3 aliphatic carbocycles. The highest BCUT2D eigenvalue weighted by molar-refractivity contribution is 7.84. The zero-order valence-corrected chi connectivity index (χ0v) is 16.9. The van der Waals surface area contributed by atoms with E-state index in [0.717, 1.165) is 35.6 Å². The number of hydrogen-bond donors (Lipinski definition) is 2. The smallest absolute Gasteiger partial charge is 0.384 e. The van der Waals surface area contributed by atoms with E-state index in [1.54, 1.807) is 6.07 Å². The summed E-state index contributed by atoms with van der Waals surface area (Å²) >= 11 is 0. The number of fused-ring (bicyclic) bond motifs is 5. The Labute approximate surface area is 161 Å². The zero-order valence-electron chi connectivity index (χ0n) is 16.1. The van der Waals surface area contributed by atoms with Crippen LogP contribution in [0.2, 0.25) is 0 Å². The van der Waals surface area contributed by atoms with Crippen molar-refractivity contribution in [1.82, 2.24) is 4.31 Å². The summed E-state index contributed by atoms with van der Waals surface area (Å²) in [6, 6.07) is 5.62. The quantitative estimate of drug-likeness (QED) is 0.818. The summed E-state index contributed by atoms with van der Waals surface area (Å²) in [5.74, 6) is 1.55. The average molecular weight is 396 g/mol. The van der Waals surface area contributed by atoms with E-state index in [2.05, 4.69) is 6.92 Å². The van der Waals surface area contributed by atoms with E-state index in [1.807, 2.05) is 12.1 Å². The molecule has 6 atom stereocenters. The third kappa shape index (κ3) is 2.99. The second-order valence-corrected chi connectivity index (χ2v) is 10.6. The van der Waals surface area contributed by atoms with Crippen molar-refractivity contribution in [2.24, 2.45) is 17.3 Å². The van der Waals surface area contributed by atoms with Gasteiger partial charge in [-0.25, -0.2) is 0 Å². The maximum atomic E-state index is 12.0. The molecule has 7 heteroatoms. The second-order valence-electron chi connectivity index (χ2n) is 8.89. The molecule has 27 heavy (non-hydrogen) atoms. The number of aliphatic hydroxyl groups excluding tert-OH is 2. The van der Waals surface area contributed by atoms with Gasteiger partial charge in [-0.3, -0.25) is 0 Å². The second kappa shape index (κ2) is 6.44. The number of aliphatic hydroxyl groups is 2. The molecule has 0 aromatic heterocycles. The van der Waals surface area contributed by atoms with Crippen LogP contribution in [-0.2, 0) is 16.7 Å². The molecular weight excluding hydrogens is 366 g/mol. The summed E-state index contributed by atoms with van der Waals surface area (Å²) in [4.78, 5) is 0. The summed E-state index contributed by atoms with van der Waals surface area (Å²) in [5.41, 5.74) is 2.24. The summed E-state index contributed by atoms with van der Waals surface area (Å²) in [5, 5.41) is 20.7. The number of aryl methyl sites for hydroxylation is 1. The summed E-state index contributed by atoms with van der Waals surface area (Å²) in [7, 11) is -0.863. The maximum Gasteiger partial charge on any atom is 0.384 e. The molecule has 1 aromatic carbocycles. The maximum absolute atomic E-state index is 12.0. The van der Waals surface area contributed by atoms with Crippen LogP contribution in [0.3, 0.4) is 0 Å². The van der Waals surface area contributed by atoms with Crippen molar-refractivity contribution in [3.8, 4) is 5.75 Å². The zero-order chi connectivity index (χ0) is 19.6. The van der Waals surface area contributed by atoms with E-state index in [0.29, 0.717) is 29.9 Å². The van der Waals surface area contributed by atoms with Crippen molar-refractivity contribution in [2.75, 3.05) is 14.1 Å². The number of rotatable bonds is 3. The molecule has 0 radical (unpaired) electrons. The topological polar surface area (TPSA) is 87.1 Å². The van der Waals surface area contributed by atoms with Gasteiger partial charge in [0.15, 0.2) is 0 Å². The molecule has 0 unspecified atom stereocenters. The highest BCUT2D eigenvalue weighted by atomic mass is 32.2. The van der Waals surface area contributed by atoms with Crippen LogP contribution in [0.4, 0.5) is 0 Å². The molecule has 0 bridgehead atoms. The first-order valence-electron chi connectivity index (χ1n) is 9.74. The molecule has 0 spiro atoms. The van der Waals surface area contributed by atoms with E-state index >= 15 is 0 Å². The minimum absolute atomic E-state index is 0.194. The van der Waals surface area contributed by atoms with Gasteiger partial charge in [0.05, 0.1) is 12.2 Å². The minimum atomic E-state index is -3.76. The SMILES string of the molecule is CN(C)S(=O)(=O)Oc1ccc2c(c1)CC[C@@H]1[C@@H]2CC[C@]2(C)[C@@H](O)[C@H](O)C[C@@H]12. The lowest BCUT2D eigenvalue weighted by Gasteiger charge is -2.49. The van der Waals surface area contributed by atoms with Gasteiger partial charge in [0, 0.05) is 14.1 Å². The van der Waals surface area contributed by atoms with Gasteiger partial charge in [-0.15, -0.1) is 0 Å². The van der Waals surface area contributed by atoms with Crippen LogP contribution in [0.1, 0.15) is 49.7 Å². The summed E-state index contributed by atoms with van der Waals surface area (Å²) in [6.45, 7) is 2.13. The lowest BCUT2D eigenvalue weighted by atomic mass is 9.55. The lowest BCUT2D eigenvalue weighted by molar-refractivity contribution is -0.0505. The minimum Gasteiger partial charge on any atom is -0.390 e. The molecule has 0 saturated heterocycles. The third-order valence-electron chi connectivity index (χ3n) is 7.32. The van der Waals surface area contributed by atoms with Gasteiger partial charge in [0.25, 0.3) is 0 Å². The van der Waals surface area contributed by atoms with Crippen molar-refractivity contribution in [2.45, 2.75) is 57.2 Å². The van der Waals surface area contributed by atoms with Crippen molar-refractivity contribution < 1.29 is 22.8 Å². The van der Waals surface area contributed by atoms with Gasteiger partial charge in [0.1, 0.15) is 5.75 Å². The Morgan fingerprint density at radius 2 is 1.96 bits per heavy atom. The molecule has 2 N–H and O–H groups in total. The molecule has 0 aliphatic heterocycles. The van der Waals surface area contributed by atoms with E-state index in [9.17, 15) is 18.6 Å². The Morgan fingerprint density at radius 3 is 2.67 bits per heavy atom. The highest BCUT2D eigenvalue weighted by Crippen LogP contribution is 2.60. The molecule has 4 rings (SSSR count). The van der Waals surface area contributed by atoms with Gasteiger partial charge >= 0.3 is 10.3 Å². The Morgan fingerprint density at radius 1 is 1.22 bits per heavy atom. The van der Waals surface area contributed by atoms with Crippen molar-refractivity contribution in [1.29, 1.82) is 0 Å². The fraction of sp³-hybridized carbons (Fsp3) is 0.700. The summed E-state index contributed by atoms with van der Waals surface area (Å²) in [6.07, 6.45) is 3.20. The van der Waals surface area contributed by atoms with Gasteiger partial charge in [-0.1, -0.05) is 13.0 Å². The monoisotopic (exact) mass is 395 g/mol. The first-order chi connectivity index (χ1) is 12.6. The third-order valence-corrected chi connectivity index (χ3v) is 8.62. The van der Waals surface area contributed by atoms with E-state index < -0.39 is 22.5 Å². The van der Waals surface area contributed by atoms with Crippen molar-refractivity contribution in [3.63, 3.8) is 0 Å². The van der Waals surface area contributed by atoms with Crippen LogP contribution in [0.25, 0.3) is 0 Å². The van der Waals surface area contributed by atoms with Gasteiger partial charge < -0.3 is 14.4 Å². The standard InChI is InChI=1S/C20H29NO5S/c1-20-9-8-15-14-7-5-13(26-27(24,25)21(2)3)10-12(14)4-6-16(15)17(20)11-18(22)19(20)23/h5,7,10,15-19,22-23H,4,6,8-9,11H2,1-3H3/t15-,16-,17+,18-,19+,20+/m1/s1. The van der Waals surface area contributed by atoms with Crippen LogP contribution in [0.15, 0.2) is 18.2 Å². The molecule has 0 heterocycles. The van der Waals surface area contributed by atoms with Crippen LogP contribution in [0.5, 0.6) is 5.75 Å². The van der Waals surface area contributed by atoms with Crippen molar-refractivity contribution in [3.05, 3.63) is 29.3 Å². The Balaban J connectivity index is 1.61. The first-order valence-corrected chi connectivity index (χ1v) is 11.1. The first kappa shape index (κ1) is 19.2. The number of nitrogens with zero attached hydrogens (tertiary/aromatic N) is 1. The molecule has 2 fully saturated rings. The Bertz CT molecular complexity index is 839. The predicted octanol–water partition coefficient (Wildman–Crippen LogP) is 2.06. The van der Waals surface area contributed by atoms with E-state index in [1.165, 1.54) is 19.7 Å². The number of benzene rings is 1.